The van der Waals surface area contributed by atoms with E-state index in [0.717, 1.165) is 11.1 Å². The van der Waals surface area contributed by atoms with E-state index < -0.39 is 11.9 Å². The van der Waals surface area contributed by atoms with Gasteiger partial charge in [-0.3, -0.25) is 10.1 Å². The van der Waals surface area contributed by atoms with Crippen LogP contribution in [0.25, 0.3) is 0 Å². The van der Waals surface area contributed by atoms with Crippen molar-refractivity contribution in [1.82, 2.24) is 5.32 Å². The number of nitrogens with two attached hydrogens (primary N) is 1. The van der Waals surface area contributed by atoms with Gasteiger partial charge in [0.15, 0.2) is 11.5 Å². The highest BCUT2D eigenvalue weighted by atomic mass is 16.7. The van der Waals surface area contributed by atoms with Crippen molar-refractivity contribution in [3.63, 3.8) is 0 Å². The second kappa shape index (κ2) is 5.85. The summed E-state index contributed by atoms with van der Waals surface area (Å²) < 4.78 is 10.6. The minimum Gasteiger partial charge on any atom is -0.454 e. The molecule has 1 aliphatic heterocycles. The summed E-state index contributed by atoms with van der Waals surface area (Å²) in [6.07, 6.45) is 0. The van der Waals surface area contributed by atoms with Gasteiger partial charge in [-0.15, -0.1) is 0 Å². The topological polar surface area (TPSA) is 73.6 Å². The Labute approximate surface area is 122 Å². The first-order chi connectivity index (χ1) is 10.2. The molecule has 0 aliphatic carbocycles. The minimum absolute atomic E-state index is 0.206. The summed E-state index contributed by atoms with van der Waals surface area (Å²) in [5.41, 5.74) is 7.36. The highest BCUT2D eigenvalue weighted by molar-refractivity contribution is 5.81. The van der Waals surface area contributed by atoms with Crippen LogP contribution in [0.5, 0.6) is 11.5 Å². The van der Waals surface area contributed by atoms with E-state index in [4.69, 9.17) is 15.2 Å². The second-order valence-electron chi connectivity index (χ2n) is 4.81. The SMILES string of the molecule is NC(=O)C(NCc1ccccc1)c1ccc2c(c1)OCO2. The molecule has 5 heteroatoms. The molecule has 5 nitrogen and oxygen atoms in total. The number of benzene rings is 2. The Bertz CT molecular complexity index is 643. The van der Waals surface area contributed by atoms with Gasteiger partial charge in [-0.25, -0.2) is 0 Å². The molecular formula is C16H16N2O3. The number of carbonyl (C=O) groups excluding carboxylic acids is 1. The predicted octanol–water partition coefficient (Wildman–Crippen LogP) is 1.73. The Kier molecular flexibility index (Phi) is 3.75. The average molecular weight is 284 g/mol. The van der Waals surface area contributed by atoms with Gasteiger partial charge in [-0.05, 0) is 23.3 Å². The van der Waals surface area contributed by atoms with Crippen LogP contribution in [-0.2, 0) is 11.3 Å². The molecular weight excluding hydrogens is 268 g/mol. The largest absolute Gasteiger partial charge is 0.454 e. The fraction of sp³-hybridized carbons (Fsp3) is 0.188. The number of amides is 1. The number of carbonyl (C=O) groups is 1. The van der Waals surface area contributed by atoms with E-state index in [1.807, 2.05) is 36.4 Å². The molecule has 0 spiro atoms. The molecule has 21 heavy (non-hydrogen) atoms. The molecule has 0 radical (unpaired) electrons. The van der Waals surface area contributed by atoms with E-state index in [1.54, 1.807) is 12.1 Å². The Morgan fingerprint density at radius 1 is 1.14 bits per heavy atom. The maximum atomic E-state index is 11.7. The van der Waals surface area contributed by atoms with Crippen LogP contribution in [0.15, 0.2) is 48.5 Å². The number of fused-ring (bicyclic) bond motifs is 1. The Morgan fingerprint density at radius 3 is 2.67 bits per heavy atom. The fourth-order valence-electron chi connectivity index (χ4n) is 2.29. The Balaban J connectivity index is 1.77. The van der Waals surface area contributed by atoms with Gasteiger partial charge in [-0.1, -0.05) is 36.4 Å². The third-order valence-electron chi connectivity index (χ3n) is 3.37. The number of rotatable bonds is 5. The molecule has 3 rings (SSSR count). The van der Waals surface area contributed by atoms with Gasteiger partial charge >= 0.3 is 0 Å². The van der Waals surface area contributed by atoms with Crippen LogP contribution in [0.4, 0.5) is 0 Å². The van der Waals surface area contributed by atoms with Crippen molar-refractivity contribution in [3.05, 3.63) is 59.7 Å². The standard InChI is InChI=1S/C16H16N2O3/c17-16(19)15(18-9-11-4-2-1-3-5-11)12-6-7-13-14(8-12)21-10-20-13/h1-8,15,18H,9-10H2,(H2,17,19). The van der Waals surface area contributed by atoms with Gasteiger partial charge < -0.3 is 15.2 Å². The van der Waals surface area contributed by atoms with Crippen molar-refractivity contribution in [3.8, 4) is 11.5 Å². The lowest BCUT2D eigenvalue weighted by atomic mass is 10.0. The van der Waals surface area contributed by atoms with Crippen LogP contribution in [-0.4, -0.2) is 12.7 Å². The highest BCUT2D eigenvalue weighted by Crippen LogP contribution is 2.34. The summed E-state index contributed by atoms with van der Waals surface area (Å²) >= 11 is 0. The van der Waals surface area contributed by atoms with Gasteiger partial charge in [0, 0.05) is 6.54 Å². The normalized spacial score (nSPS) is 13.9. The molecule has 0 saturated carbocycles. The first kappa shape index (κ1) is 13.5. The summed E-state index contributed by atoms with van der Waals surface area (Å²) in [7, 11) is 0. The molecule has 1 amide bonds. The van der Waals surface area contributed by atoms with Crippen molar-refractivity contribution >= 4 is 5.91 Å². The van der Waals surface area contributed by atoms with Gasteiger partial charge in [0.25, 0.3) is 0 Å². The zero-order valence-corrected chi connectivity index (χ0v) is 11.4. The average Bonchev–Trinajstić information content (AvgIpc) is 2.96. The lowest BCUT2D eigenvalue weighted by molar-refractivity contribution is -0.120. The molecule has 1 aliphatic rings. The first-order valence-corrected chi connectivity index (χ1v) is 6.70. The number of hydrogen-bond acceptors (Lipinski definition) is 4. The molecule has 0 aromatic heterocycles. The van der Waals surface area contributed by atoms with Crippen LogP contribution in [0.1, 0.15) is 17.2 Å². The Hall–Kier alpha value is -2.53. The lowest BCUT2D eigenvalue weighted by Gasteiger charge is -2.16. The van der Waals surface area contributed by atoms with Gasteiger partial charge in [0.2, 0.25) is 12.7 Å². The van der Waals surface area contributed by atoms with E-state index in [1.165, 1.54) is 0 Å². The Morgan fingerprint density at radius 2 is 1.90 bits per heavy atom. The number of hydrogen-bond donors (Lipinski definition) is 2. The van der Waals surface area contributed by atoms with Crippen LogP contribution >= 0.6 is 0 Å². The number of primary amides is 1. The van der Waals surface area contributed by atoms with Crippen molar-refractivity contribution < 1.29 is 14.3 Å². The van der Waals surface area contributed by atoms with E-state index in [0.29, 0.717) is 18.0 Å². The van der Waals surface area contributed by atoms with Crippen molar-refractivity contribution in [2.75, 3.05) is 6.79 Å². The molecule has 3 N–H and O–H groups in total. The second-order valence-corrected chi connectivity index (χ2v) is 4.81. The molecule has 0 saturated heterocycles. The molecule has 1 unspecified atom stereocenters. The smallest absolute Gasteiger partial charge is 0.239 e. The van der Waals surface area contributed by atoms with E-state index in [-0.39, 0.29) is 6.79 Å². The zero-order valence-electron chi connectivity index (χ0n) is 11.4. The van der Waals surface area contributed by atoms with Crippen LogP contribution in [0.2, 0.25) is 0 Å². The molecule has 0 fully saturated rings. The van der Waals surface area contributed by atoms with Crippen LogP contribution in [0, 0.1) is 0 Å². The van der Waals surface area contributed by atoms with E-state index in [2.05, 4.69) is 5.32 Å². The molecule has 1 atom stereocenters. The molecule has 108 valence electrons. The van der Waals surface area contributed by atoms with Crippen molar-refractivity contribution in [1.29, 1.82) is 0 Å². The summed E-state index contributed by atoms with van der Waals surface area (Å²) in [4.78, 5) is 11.7. The van der Waals surface area contributed by atoms with Gasteiger partial charge in [-0.2, -0.15) is 0 Å². The molecule has 2 aromatic rings. The quantitative estimate of drug-likeness (QED) is 0.877. The van der Waals surface area contributed by atoms with Crippen LogP contribution < -0.4 is 20.5 Å². The van der Waals surface area contributed by atoms with Gasteiger partial charge in [0.05, 0.1) is 0 Å². The molecule has 1 heterocycles. The summed E-state index contributed by atoms with van der Waals surface area (Å²) in [6.45, 7) is 0.764. The predicted molar refractivity (Wildman–Crippen MR) is 77.8 cm³/mol. The number of ether oxygens (including phenoxy) is 2. The van der Waals surface area contributed by atoms with Gasteiger partial charge in [0.1, 0.15) is 6.04 Å². The van der Waals surface area contributed by atoms with Crippen molar-refractivity contribution in [2.24, 2.45) is 5.73 Å². The molecule has 2 aromatic carbocycles. The lowest BCUT2D eigenvalue weighted by Crippen LogP contribution is -2.33. The summed E-state index contributed by atoms with van der Waals surface area (Å²) in [6, 6.07) is 14.7. The van der Waals surface area contributed by atoms with E-state index >= 15 is 0 Å². The highest BCUT2D eigenvalue weighted by Gasteiger charge is 2.21. The van der Waals surface area contributed by atoms with Crippen molar-refractivity contribution in [2.45, 2.75) is 12.6 Å². The molecule has 0 bridgehead atoms. The number of nitrogens with one attached hydrogen (secondary N) is 1. The monoisotopic (exact) mass is 284 g/mol. The third kappa shape index (κ3) is 2.98. The van der Waals surface area contributed by atoms with Crippen LogP contribution in [0.3, 0.4) is 0 Å². The fourth-order valence-corrected chi connectivity index (χ4v) is 2.29. The maximum Gasteiger partial charge on any atom is 0.239 e. The summed E-state index contributed by atoms with van der Waals surface area (Å²) in [5.74, 6) is 0.898. The minimum atomic E-state index is -0.570. The third-order valence-corrected chi connectivity index (χ3v) is 3.37. The first-order valence-electron chi connectivity index (χ1n) is 6.70. The zero-order chi connectivity index (χ0) is 14.7. The summed E-state index contributed by atoms with van der Waals surface area (Å²) in [5, 5.41) is 3.17. The maximum absolute atomic E-state index is 11.7. The van der Waals surface area contributed by atoms with E-state index in [9.17, 15) is 4.79 Å².